The molecule has 1 saturated heterocycles. The third kappa shape index (κ3) is 3.77. The standard InChI is InChI=1S/C24H22FN5O5/c25-15-4-5-16-23-22(15)18(11-30(23)21(32)9-27-16)26-7-1-2-14-10-29(24(33)35-14)13-3-6-19-17(8-13)28-20(31)12-34-19/h3-6,8-9,14,18,26H,1-2,7,10-12H2,(H,28,31)/t14-,18+/m1/s1. The van der Waals surface area contributed by atoms with Crippen molar-refractivity contribution < 1.29 is 23.5 Å². The van der Waals surface area contributed by atoms with E-state index in [2.05, 4.69) is 15.6 Å². The molecule has 180 valence electrons. The zero-order valence-electron chi connectivity index (χ0n) is 18.6. The van der Waals surface area contributed by atoms with E-state index in [4.69, 9.17) is 9.47 Å². The molecule has 6 rings (SSSR count). The van der Waals surface area contributed by atoms with Gasteiger partial charge in [0.05, 0.1) is 35.5 Å². The highest BCUT2D eigenvalue weighted by molar-refractivity contribution is 5.97. The topological polar surface area (TPSA) is 115 Å². The third-order valence-corrected chi connectivity index (χ3v) is 6.58. The fourth-order valence-electron chi connectivity index (χ4n) is 4.95. The van der Waals surface area contributed by atoms with Crippen LogP contribution in [0.1, 0.15) is 24.4 Å². The molecule has 2 N–H and O–H groups in total. The predicted molar refractivity (Wildman–Crippen MR) is 124 cm³/mol. The molecule has 0 saturated carbocycles. The summed E-state index contributed by atoms with van der Waals surface area (Å²) < 4.78 is 27.0. The van der Waals surface area contributed by atoms with E-state index in [9.17, 15) is 18.8 Å². The van der Waals surface area contributed by atoms with Gasteiger partial charge in [0, 0.05) is 17.8 Å². The van der Waals surface area contributed by atoms with Crippen LogP contribution in [0.15, 0.2) is 41.3 Å². The number of anilines is 2. The van der Waals surface area contributed by atoms with Crippen molar-refractivity contribution in [1.29, 1.82) is 0 Å². The summed E-state index contributed by atoms with van der Waals surface area (Å²) in [4.78, 5) is 41.9. The number of nitrogens with one attached hydrogen (secondary N) is 2. The number of nitrogens with zero attached hydrogens (tertiary/aromatic N) is 3. The molecule has 0 bridgehead atoms. The molecule has 3 aliphatic heterocycles. The maximum atomic E-state index is 14.6. The number of carbonyl (C=O) groups excluding carboxylic acids is 2. The zero-order valence-corrected chi connectivity index (χ0v) is 18.6. The minimum absolute atomic E-state index is 0.0312. The van der Waals surface area contributed by atoms with Crippen molar-refractivity contribution in [2.45, 2.75) is 31.5 Å². The zero-order chi connectivity index (χ0) is 24.1. The lowest BCUT2D eigenvalue weighted by Crippen LogP contribution is -2.28. The average Bonchev–Trinajstić information content (AvgIpc) is 3.42. The molecule has 2 amide bonds. The van der Waals surface area contributed by atoms with Crippen molar-refractivity contribution in [2.75, 3.05) is 29.9 Å². The molecule has 0 aliphatic carbocycles. The SMILES string of the molecule is O=C1COc2ccc(N3C[C@@H](CCCN[C@H]4Cn5c(=O)cnc6ccc(F)c4c65)OC3=O)cc2N1. The summed E-state index contributed by atoms with van der Waals surface area (Å²) in [6.45, 7) is 1.26. The normalized spacial score (nSPS) is 20.5. The van der Waals surface area contributed by atoms with E-state index in [-0.39, 0.29) is 36.0 Å². The second-order valence-corrected chi connectivity index (χ2v) is 8.82. The first-order chi connectivity index (χ1) is 17.0. The van der Waals surface area contributed by atoms with Crippen molar-refractivity contribution in [1.82, 2.24) is 14.9 Å². The van der Waals surface area contributed by atoms with E-state index in [0.29, 0.717) is 66.2 Å². The highest BCUT2D eigenvalue weighted by Gasteiger charge is 2.33. The molecule has 2 aromatic carbocycles. The smallest absolute Gasteiger partial charge is 0.414 e. The van der Waals surface area contributed by atoms with Crippen molar-refractivity contribution in [3.05, 3.63) is 58.3 Å². The van der Waals surface area contributed by atoms with Crippen LogP contribution >= 0.6 is 0 Å². The molecule has 0 unspecified atom stereocenters. The largest absolute Gasteiger partial charge is 0.482 e. The monoisotopic (exact) mass is 479 g/mol. The van der Waals surface area contributed by atoms with Crippen molar-refractivity contribution >= 4 is 34.4 Å². The summed E-state index contributed by atoms with van der Waals surface area (Å²) in [5, 5.41) is 6.07. The Kier molecular flexibility index (Phi) is 5.14. The van der Waals surface area contributed by atoms with E-state index in [1.54, 1.807) is 28.8 Å². The minimum Gasteiger partial charge on any atom is -0.482 e. The first-order valence-electron chi connectivity index (χ1n) is 11.4. The van der Waals surface area contributed by atoms with Crippen LogP contribution < -0.4 is 25.8 Å². The summed E-state index contributed by atoms with van der Waals surface area (Å²) >= 11 is 0. The van der Waals surface area contributed by atoms with E-state index in [1.807, 2.05) is 0 Å². The summed E-state index contributed by atoms with van der Waals surface area (Å²) in [7, 11) is 0. The van der Waals surface area contributed by atoms with Gasteiger partial charge in [-0.05, 0) is 49.7 Å². The Morgan fingerprint density at radius 1 is 1.17 bits per heavy atom. The lowest BCUT2D eigenvalue weighted by Gasteiger charge is -2.20. The van der Waals surface area contributed by atoms with Crippen molar-refractivity contribution in [3.8, 4) is 5.75 Å². The Labute approximate surface area is 198 Å². The molecule has 2 atom stereocenters. The molecular weight excluding hydrogens is 457 g/mol. The number of cyclic esters (lactones) is 1. The Morgan fingerprint density at radius 2 is 2.06 bits per heavy atom. The maximum absolute atomic E-state index is 14.6. The van der Waals surface area contributed by atoms with Gasteiger partial charge in [0.25, 0.3) is 11.5 Å². The average molecular weight is 479 g/mol. The second kappa shape index (κ2) is 8.35. The van der Waals surface area contributed by atoms with Gasteiger partial charge in [0.2, 0.25) is 0 Å². The second-order valence-electron chi connectivity index (χ2n) is 8.82. The van der Waals surface area contributed by atoms with Gasteiger partial charge in [-0.3, -0.25) is 14.5 Å². The van der Waals surface area contributed by atoms with Crippen LogP contribution in [0.4, 0.5) is 20.6 Å². The molecule has 11 heteroatoms. The number of hydrogen-bond acceptors (Lipinski definition) is 7. The summed E-state index contributed by atoms with van der Waals surface area (Å²) in [5.74, 6) is -0.0462. The Bertz CT molecular complexity index is 1420. The van der Waals surface area contributed by atoms with E-state index >= 15 is 0 Å². The fraction of sp³-hybridized carbons (Fsp3) is 0.333. The number of aromatic nitrogens is 2. The molecule has 4 heterocycles. The van der Waals surface area contributed by atoms with E-state index in [1.165, 1.54) is 17.2 Å². The van der Waals surface area contributed by atoms with Crippen LogP contribution in [0.3, 0.4) is 0 Å². The first-order valence-corrected chi connectivity index (χ1v) is 11.4. The summed E-state index contributed by atoms with van der Waals surface area (Å²) in [5.41, 5.74) is 2.49. The minimum atomic E-state index is -0.446. The number of amides is 2. The first kappa shape index (κ1) is 21.5. The summed E-state index contributed by atoms with van der Waals surface area (Å²) in [6, 6.07) is 7.80. The Balaban J connectivity index is 1.06. The number of fused-ring (bicyclic) bond motifs is 1. The number of benzene rings is 2. The van der Waals surface area contributed by atoms with E-state index < -0.39 is 6.09 Å². The lowest BCUT2D eigenvalue weighted by molar-refractivity contribution is -0.118. The molecule has 3 aromatic rings. The van der Waals surface area contributed by atoms with Gasteiger partial charge in [-0.15, -0.1) is 0 Å². The molecule has 10 nitrogen and oxygen atoms in total. The Hall–Kier alpha value is -3.99. The van der Waals surface area contributed by atoms with Gasteiger partial charge < -0.3 is 24.7 Å². The number of hydrogen-bond donors (Lipinski definition) is 2. The highest BCUT2D eigenvalue weighted by Crippen LogP contribution is 2.34. The van der Waals surface area contributed by atoms with Gasteiger partial charge in [0.15, 0.2) is 6.61 Å². The maximum Gasteiger partial charge on any atom is 0.414 e. The molecule has 35 heavy (non-hydrogen) atoms. The fourth-order valence-corrected chi connectivity index (χ4v) is 4.95. The number of halogens is 1. The van der Waals surface area contributed by atoms with Crippen molar-refractivity contribution in [2.24, 2.45) is 0 Å². The molecular formula is C24H22FN5O5. The third-order valence-electron chi connectivity index (χ3n) is 6.58. The highest BCUT2D eigenvalue weighted by atomic mass is 19.1. The van der Waals surface area contributed by atoms with Gasteiger partial charge in [-0.25, -0.2) is 14.2 Å². The number of rotatable bonds is 6. The Morgan fingerprint density at radius 3 is 2.94 bits per heavy atom. The van der Waals surface area contributed by atoms with Crippen molar-refractivity contribution in [3.63, 3.8) is 0 Å². The summed E-state index contributed by atoms with van der Waals surface area (Å²) in [6.07, 6.45) is 1.83. The van der Waals surface area contributed by atoms with Crippen LogP contribution in [0.2, 0.25) is 0 Å². The lowest BCUT2D eigenvalue weighted by atomic mass is 10.1. The van der Waals surface area contributed by atoms with Crippen LogP contribution in [0.25, 0.3) is 11.0 Å². The quantitative estimate of drug-likeness (QED) is 0.522. The van der Waals surface area contributed by atoms with Crippen LogP contribution in [0, 0.1) is 5.82 Å². The van der Waals surface area contributed by atoms with Gasteiger partial charge >= 0.3 is 6.09 Å². The number of ether oxygens (including phenoxy) is 2. The van der Waals surface area contributed by atoms with Crippen LogP contribution in [-0.4, -0.2) is 47.4 Å². The molecule has 3 aliphatic rings. The molecule has 1 aromatic heterocycles. The predicted octanol–water partition coefficient (Wildman–Crippen LogP) is 2.32. The number of carbonyl (C=O) groups is 2. The van der Waals surface area contributed by atoms with Gasteiger partial charge in [0.1, 0.15) is 17.7 Å². The van der Waals surface area contributed by atoms with E-state index in [0.717, 1.165) is 0 Å². The molecule has 1 fully saturated rings. The van der Waals surface area contributed by atoms with Crippen LogP contribution in [0.5, 0.6) is 5.75 Å². The van der Waals surface area contributed by atoms with Gasteiger partial charge in [-0.2, -0.15) is 0 Å². The molecule has 0 spiro atoms. The van der Waals surface area contributed by atoms with Crippen LogP contribution in [-0.2, 0) is 16.1 Å². The van der Waals surface area contributed by atoms with Gasteiger partial charge in [-0.1, -0.05) is 0 Å². The molecule has 0 radical (unpaired) electrons.